The Morgan fingerprint density at radius 1 is 0.286 bits per heavy atom. The van der Waals surface area contributed by atoms with Crippen molar-refractivity contribution in [1.82, 2.24) is 15.0 Å². The first-order valence-electron chi connectivity index (χ1n) is 16.6. The van der Waals surface area contributed by atoms with Gasteiger partial charge < -0.3 is 0 Å². The molecule has 0 radical (unpaired) electrons. The van der Waals surface area contributed by atoms with E-state index in [2.05, 4.69) is 164 Å². The SMILES string of the molecule is c1ccc(-c2nc(-c3ccccc3-c3ccccc3)nc(-c3cccc4c3-c3ccccc3[Si]4(c3ccccc3)c3ccccc3)n2)cc1. The number of hydrogen-bond donors (Lipinski definition) is 0. The highest BCUT2D eigenvalue weighted by Gasteiger charge is 2.49. The van der Waals surface area contributed by atoms with Gasteiger partial charge >= 0.3 is 0 Å². The van der Waals surface area contributed by atoms with E-state index in [1.807, 2.05) is 24.3 Å². The van der Waals surface area contributed by atoms with E-state index >= 15 is 0 Å². The average Bonchev–Trinajstić information content (AvgIpc) is 3.50. The van der Waals surface area contributed by atoms with Crippen molar-refractivity contribution in [3.8, 4) is 56.4 Å². The number of aromatic nitrogens is 3. The Morgan fingerprint density at radius 2 is 0.714 bits per heavy atom. The lowest BCUT2D eigenvalue weighted by atomic mass is 9.98. The van der Waals surface area contributed by atoms with Gasteiger partial charge in [0.25, 0.3) is 0 Å². The Hall–Kier alpha value is -6.23. The predicted octanol–water partition coefficient (Wildman–Crippen LogP) is 7.90. The van der Waals surface area contributed by atoms with E-state index in [-0.39, 0.29) is 0 Å². The molecule has 4 heteroatoms. The highest BCUT2D eigenvalue weighted by atomic mass is 28.3. The van der Waals surface area contributed by atoms with Crippen LogP contribution >= 0.6 is 0 Å². The Morgan fingerprint density at radius 3 is 1.35 bits per heavy atom. The molecule has 2 heterocycles. The normalized spacial score (nSPS) is 12.7. The van der Waals surface area contributed by atoms with E-state index in [0.717, 1.165) is 27.8 Å². The zero-order valence-corrected chi connectivity index (χ0v) is 27.7. The molecule has 1 aromatic heterocycles. The first-order chi connectivity index (χ1) is 24.3. The Kier molecular flexibility index (Phi) is 7.14. The molecule has 230 valence electrons. The van der Waals surface area contributed by atoms with Crippen LogP contribution in [0.25, 0.3) is 56.4 Å². The maximum atomic E-state index is 5.32. The summed E-state index contributed by atoms with van der Waals surface area (Å²) in [5.74, 6) is 1.98. The minimum atomic E-state index is -2.67. The van der Waals surface area contributed by atoms with Gasteiger partial charge in [0, 0.05) is 16.7 Å². The van der Waals surface area contributed by atoms with Crippen molar-refractivity contribution >= 4 is 28.8 Å². The van der Waals surface area contributed by atoms with E-state index < -0.39 is 8.07 Å². The van der Waals surface area contributed by atoms with Gasteiger partial charge in [-0.2, -0.15) is 0 Å². The summed E-state index contributed by atoms with van der Waals surface area (Å²) in [5.41, 5.74) is 7.61. The smallest absolute Gasteiger partial charge is 0.180 e. The summed E-state index contributed by atoms with van der Waals surface area (Å²) in [6.07, 6.45) is 0. The fraction of sp³-hybridized carbons (Fsp3) is 0. The lowest BCUT2D eigenvalue weighted by Gasteiger charge is -2.31. The molecule has 1 aliphatic rings. The van der Waals surface area contributed by atoms with Crippen molar-refractivity contribution in [3.05, 3.63) is 188 Å². The fourth-order valence-corrected chi connectivity index (χ4v) is 12.8. The standard InChI is InChI=1S/C45H31N3Si/c1-5-18-32(19-6-1)36-26-13-14-27-37(36)44-46-43(33-20-7-2-8-21-33)47-45(48-44)39-29-17-31-41-42(39)38-28-15-16-30-40(38)49(41,34-22-9-3-10-23-34)35-24-11-4-12-25-35/h1-31H. The largest absolute Gasteiger partial charge is 0.208 e. The van der Waals surface area contributed by atoms with Gasteiger partial charge in [-0.3, -0.25) is 0 Å². The van der Waals surface area contributed by atoms with Crippen LogP contribution in [-0.2, 0) is 0 Å². The second kappa shape index (κ2) is 12.1. The quantitative estimate of drug-likeness (QED) is 0.173. The minimum absolute atomic E-state index is 0.654. The lowest BCUT2D eigenvalue weighted by molar-refractivity contribution is 1.07. The third-order valence-corrected chi connectivity index (χ3v) is 14.5. The van der Waals surface area contributed by atoms with Gasteiger partial charge in [-0.05, 0) is 43.0 Å². The van der Waals surface area contributed by atoms with Gasteiger partial charge in [0.15, 0.2) is 25.5 Å². The van der Waals surface area contributed by atoms with Crippen molar-refractivity contribution in [1.29, 1.82) is 0 Å². The van der Waals surface area contributed by atoms with Crippen LogP contribution in [0.15, 0.2) is 188 Å². The molecule has 0 saturated carbocycles. The van der Waals surface area contributed by atoms with Crippen molar-refractivity contribution in [2.24, 2.45) is 0 Å². The van der Waals surface area contributed by atoms with Crippen LogP contribution in [0.2, 0.25) is 0 Å². The van der Waals surface area contributed by atoms with Gasteiger partial charge in [0.05, 0.1) is 0 Å². The summed E-state index contributed by atoms with van der Waals surface area (Å²) in [6, 6.07) is 66.9. The van der Waals surface area contributed by atoms with Crippen molar-refractivity contribution in [3.63, 3.8) is 0 Å². The fourth-order valence-electron chi connectivity index (χ4n) is 7.56. The second-order valence-corrected chi connectivity index (χ2v) is 16.1. The van der Waals surface area contributed by atoms with Gasteiger partial charge in [0.1, 0.15) is 0 Å². The first kappa shape index (κ1) is 28.9. The van der Waals surface area contributed by atoms with Crippen LogP contribution < -0.4 is 20.7 Å². The van der Waals surface area contributed by atoms with E-state index in [1.54, 1.807) is 0 Å². The third kappa shape index (κ3) is 4.76. The van der Waals surface area contributed by atoms with Crippen molar-refractivity contribution < 1.29 is 0 Å². The van der Waals surface area contributed by atoms with E-state index in [0.29, 0.717) is 17.5 Å². The molecular weight excluding hydrogens is 611 g/mol. The first-order valence-corrected chi connectivity index (χ1v) is 18.6. The molecule has 1 aliphatic heterocycles. The summed E-state index contributed by atoms with van der Waals surface area (Å²) >= 11 is 0. The van der Waals surface area contributed by atoms with E-state index in [1.165, 1.54) is 31.9 Å². The molecule has 8 aromatic rings. The molecule has 0 N–H and O–H groups in total. The second-order valence-electron chi connectivity index (χ2n) is 12.3. The maximum absolute atomic E-state index is 5.32. The van der Waals surface area contributed by atoms with Crippen LogP contribution in [0, 0.1) is 0 Å². The number of benzene rings is 7. The van der Waals surface area contributed by atoms with Crippen molar-refractivity contribution in [2.45, 2.75) is 0 Å². The molecule has 0 amide bonds. The Bertz CT molecular complexity index is 2390. The molecule has 0 bridgehead atoms. The summed E-state index contributed by atoms with van der Waals surface area (Å²) in [6.45, 7) is 0. The van der Waals surface area contributed by atoms with Gasteiger partial charge in [0.2, 0.25) is 0 Å². The molecule has 0 unspecified atom stereocenters. The number of hydrogen-bond acceptors (Lipinski definition) is 3. The van der Waals surface area contributed by atoms with Gasteiger partial charge in [-0.25, -0.2) is 15.0 Å². The monoisotopic (exact) mass is 641 g/mol. The molecule has 0 saturated heterocycles. The molecule has 0 fully saturated rings. The summed E-state index contributed by atoms with van der Waals surface area (Å²) in [7, 11) is -2.67. The van der Waals surface area contributed by atoms with E-state index in [4.69, 9.17) is 15.0 Å². The van der Waals surface area contributed by atoms with Crippen LogP contribution in [0.3, 0.4) is 0 Å². The predicted molar refractivity (Wildman–Crippen MR) is 204 cm³/mol. The Labute approximate surface area is 287 Å². The molecule has 0 spiro atoms. The molecule has 0 aliphatic carbocycles. The van der Waals surface area contributed by atoms with Crippen LogP contribution in [-0.4, -0.2) is 23.0 Å². The minimum Gasteiger partial charge on any atom is -0.208 e. The highest BCUT2D eigenvalue weighted by molar-refractivity contribution is 7.22. The zero-order chi connectivity index (χ0) is 32.6. The summed E-state index contributed by atoms with van der Waals surface area (Å²) in [5, 5.41) is 5.48. The molecular formula is C45H31N3Si. The molecule has 7 aromatic carbocycles. The zero-order valence-electron chi connectivity index (χ0n) is 26.7. The van der Waals surface area contributed by atoms with Crippen LogP contribution in [0.4, 0.5) is 0 Å². The summed E-state index contributed by atoms with van der Waals surface area (Å²) in [4.78, 5) is 15.7. The molecule has 3 nitrogen and oxygen atoms in total. The molecule has 0 atom stereocenters. The van der Waals surface area contributed by atoms with Gasteiger partial charge in [-0.1, -0.05) is 188 Å². The van der Waals surface area contributed by atoms with E-state index in [9.17, 15) is 0 Å². The van der Waals surface area contributed by atoms with Crippen LogP contribution in [0.1, 0.15) is 0 Å². The molecule has 9 rings (SSSR count). The topological polar surface area (TPSA) is 38.7 Å². The number of nitrogens with zero attached hydrogens (tertiary/aromatic N) is 3. The maximum Gasteiger partial charge on any atom is 0.180 e. The number of rotatable bonds is 6. The average molecular weight is 642 g/mol. The Balaban J connectivity index is 1.35. The van der Waals surface area contributed by atoms with Gasteiger partial charge in [-0.15, -0.1) is 0 Å². The highest BCUT2D eigenvalue weighted by Crippen LogP contribution is 2.37. The summed E-state index contributed by atoms with van der Waals surface area (Å²) < 4.78 is 0. The van der Waals surface area contributed by atoms with Crippen LogP contribution in [0.5, 0.6) is 0 Å². The third-order valence-electron chi connectivity index (χ3n) is 9.64. The lowest BCUT2D eigenvalue weighted by Crippen LogP contribution is -2.72. The number of fused-ring (bicyclic) bond motifs is 3. The molecule has 49 heavy (non-hydrogen) atoms. The van der Waals surface area contributed by atoms with Crippen molar-refractivity contribution in [2.75, 3.05) is 0 Å².